The molecule has 264 valence electrons. The second kappa shape index (κ2) is 18.1. The molecule has 9 heteroatoms. The van der Waals surface area contributed by atoms with Crippen LogP contribution in [0.3, 0.4) is 0 Å². The first-order valence-electron chi connectivity index (χ1n) is 17.6. The van der Waals surface area contributed by atoms with Gasteiger partial charge in [0.25, 0.3) is 5.91 Å². The number of rotatable bonds is 17. The highest BCUT2D eigenvalue weighted by Gasteiger charge is 2.26. The van der Waals surface area contributed by atoms with Gasteiger partial charge in [-0.2, -0.15) is 0 Å². The lowest BCUT2D eigenvalue weighted by Gasteiger charge is -2.22. The Balaban J connectivity index is 1.41. The van der Waals surface area contributed by atoms with E-state index in [-0.39, 0.29) is 18.3 Å². The van der Waals surface area contributed by atoms with Gasteiger partial charge in [-0.15, -0.1) is 0 Å². The predicted molar refractivity (Wildman–Crippen MR) is 197 cm³/mol. The summed E-state index contributed by atoms with van der Waals surface area (Å²) in [6, 6.07) is 20.6. The van der Waals surface area contributed by atoms with Crippen LogP contribution in [0.1, 0.15) is 94.6 Å². The van der Waals surface area contributed by atoms with Crippen molar-refractivity contribution in [1.82, 2.24) is 20.6 Å². The minimum atomic E-state index is -1.13. The lowest BCUT2D eigenvalue weighted by molar-refractivity contribution is -0.142. The maximum atomic E-state index is 13.3. The number of carbonyl (C=O) groups excluding carboxylic acids is 2. The molecule has 3 N–H and O–H groups in total. The molecule has 4 aromatic rings. The van der Waals surface area contributed by atoms with Crippen molar-refractivity contribution < 1.29 is 24.2 Å². The number of aliphatic carboxylic acids is 1. The van der Waals surface area contributed by atoms with Crippen LogP contribution in [0.15, 0.2) is 85.2 Å². The number of ether oxygens (including phenoxy) is 1. The van der Waals surface area contributed by atoms with Crippen LogP contribution in [0.2, 0.25) is 0 Å². The largest absolute Gasteiger partial charge is 0.494 e. The summed E-state index contributed by atoms with van der Waals surface area (Å²) in [6.07, 6.45) is 9.95. The molecule has 0 aliphatic carbocycles. The van der Waals surface area contributed by atoms with E-state index in [0.29, 0.717) is 11.4 Å². The van der Waals surface area contributed by atoms with E-state index in [9.17, 15) is 19.5 Å². The third-order valence-electron chi connectivity index (χ3n) is 8.67. The molecule has 0 saturated heterocycles. The van der Waals surface area contributed by atoms with Crippen molar-refractivity contribution in [3.63, 3.8) is 0 Å². The monoisotopic (exact) mass is 678 g/mol. The van der Waals surface area contributed by atoms with Crippen molar-refractivity contribution >= 4 is 17.8 Å². The highest BCUT2D eigenvalue weighted by atomic mass is 16.5. The molecule has 0 aliphatic rings. The zero-order chi connectivity index (χ0) is 36.1. The van der Waals surface area contributed by atoms with Crippen molar-refractivity contribution in [2.75, 3.05) is 6.61 Å². The number of carbonyl (C=O) groups is 3. The van der Waals surface area contributed by atoms with E-state index in [1.807, 2.05) is 60.7 Å². The van der Waals surface area contributed by atoms with Gasteiger partial charge in [0.05, 0.1) is 6.61 Å². The van der Waals surface area contributed by atoms with Crippen LogP contribution < -0.4 is 15.4 Å². The number of aromatic nitrogens is 2. The normalized spacial score (nSPS) is 12.5. The molecular weight excluding hydrogens is 628 g/mol. The van der Waals surface area contributed by atoms with Crippen LogP contribution in [0, 0.1) is 0 Å². The van der Waals surface area contributed by atoms with Crippen molar-refractivity contribution in [3.05, 3.63) is 102 Å². The predicted octanol–water partition coefficient (Wildman–Crippen LogP) is 7.78. The van der Waals surface area contributed by atoms with Gasteiger partial charge >= 0.3 is 5.97 Å². The summed E-state index contributed by atoms with van der Waals surface area (Å²) in [4.78, 5) is 47.4. The number of hydrogen-bond acceptors (Lipinski definition) is 6. The molecule has 0 fully saturated rings. The standard InChI is InChI=1S/C41H50N4O5/c1-6-8-9-10-11-24-50-34-22-18-29(19-23-34)32-26-42-37(43-27-32)30-14-12-28(13-15-30)25-36(39(47)44-35(7-2)40(48)49)45-38(46)31-16-20-33(21-17-31)41(3,4)5/h12-23,26-27,35-36H,6-11,24-25H2,1-5H3,(H,44,47)(H,45,46)(H,48,49)/t35-,36+/m1/s1. The molecule has 50 heavy (non-hydrogen) atoms. The van der Waals surface area contributed by atoms with Gasteiger partial charge in [-0.25, -0.2) is 14.8 Å². The van der Waals surface area contributed by atoms with Gasteiger partial charge in [-0.3, -0.25) is 9.59 Å². The van der Waals surface area contributed by atoms with Crippen molar-refractivity contribution in [1.29, 1.82) is 0 Å². The Bertz CT molecular complexity index is 1680. The molecule has 1 heterocycles. The fourth-order valence-corrected chi connectivity index (χ4v) is 5.47. The van der Waals surface area contributed by atoms with Gasteiger partial charge in [0, 0.05) is 35.5 Å². The van der Waals surface area contributed by atoms with Crippen LogP contribution >= 0.6 is 0 Å². The van der Waals surface area contributed by atoms with Crippen LogP contribution in [-0.4, -0.2) is 51.5 Å². The molecule has 0 unspecified atom stereocenters. The van der Waals surface area contributed by atoms with E-state index in [0.717, 1.165) is 46.6 Å². The molecule has 1 aromatic heterocycles. The fraction of sp³-hybridized carbons (Fsp3) is 0.390. The number of nitrogens with zero attached hydrogens (tertiary/aromatic N) is 2. The smallest absolute Gasteiger partial charge is 0.326 e. The molecule has 0 bridgehead atoms. The molecular formula is C41H50N4O5. The summed E-state index contributed by atoms with van der Waals surface area (Å²) in [5.41, 5.74) is 4.88. The summed E-state index contributed by atoms with van der Waals surface area (Å²) in [7, 11) is 0. The molecule has 9 nitrogen and oxygen atoms in total. The fourth-order valence-electron chi connectivity index (χ4n) is 5.47. The lowest BCUT2D eigenvalue weighted by atomic mass is 9.86. The molecule has 0 spiro atoms. The first-order valence-corrected chi connectivity index (χ1v) is 17.6. The van der Waals surface area contributed by atoms with E-state index in [2.05, 4.69) is 48.3 Å². The first-order chi connectivity index (χ1) is 24.0. The van der Waals surface area contributed by atoms with E-state index >= 15 is 0 Å². The Kier molecular flexibility index (Phi) is 13.7. The number of carboxylic acid groups (broad SMARTS) is 1. The molecule has 0 saturated carbocycles. The number of unbranched alkanes of at least 4 members (excludes halogenated alkanes) is 4. The first kappa shape index (κ1) is 37.8. The highest BCUT2D eigenvalue weighted by Crippen LogP contribution is 2.25. The Morgan fingerprint density at radius 3 is 1.94 bits per heavy atom. The Labute approximate surface area is 295 Å². The topological polar surface area (TPSA) is 131 Å². The second-order valence-electron chi connectivity index (χ2n) is 13.6. The highest BCUT2D eigenvalue weighted by molar-refractivity contribution is 5.98. The quantitative estimate of drug-likeness (QED) is 0.0973. The van der Waals surface area contributed by atoms with Crippen molar-refractivity contribution in [2.24, 2.45) is 0 Å². The average Bonchev–Trinajstić information content (AvgIpc) is 3.12. The minimum Gasteiger partial charge on any atom is -0.494 e. The average molecular weight is 679 g/mol. The third kappa shape index (κ3) is 11.0. The van der Waals surface area contributed by atoms with Gasteiger partial charge < -0.3 is 20.5 Å². The van der Waals surface area contributed by atoms with E-state index in [1.54, 1.807) is 31.5 Å². The number of nitrogens with one attached hydrogen (secondary N) is 2. The number of carboxylic acids is 1. The van der Waals surface area contributed by atoms with Crippen LogP contribution in [0.5, 0.6) is 5.75 Å². The second-order valence-corrected chi connectivity index (χ2v) is 13.6. The molecule has 4 rings (SSSR count). The van der Waals surface area contributed by atoms with Gasteiger partial charge in [-0.05, 0) is 59.2 Å². The zero-order valence-corrected chi connectivity index (χ0v) is 29.9. The van der Waals surface area contributed by atoms with Gasteiger partial charge in [0.1, 0.15) is 17.8 Å². The summed E-state index contributed by atoms with van der Waals surface area (Å²) >= 11 is 0. The van der Waals surface area contributed by atoms with Crippen LogP contribution in [-0.2, 0) is 21.4 Å². The zero-order valence-electron chi connectivity index (χ0n) is 29.9. The van der Waals surface area contributed by atoms with E-state index in [4.69, 9.17) is 4.74 Å². The minimum absolute atomic E-state index is 0.0720. The Morgan fingerprint density at radius 1 is 0.740 bits per heavy atom. The van der Waals surface area contributed by atoms with Crippen molar-refractivity contribution in [3.8, 4) is 28.3 Å². The number of benzene rings is 3. The molecule has 3 aromatic carbocycles. The van der Waals surface area contributed by atoms with E-state index < -0.39 is 29.9 Å². The number of hydrogen-bond donors (Lipinski definition) is 3. The van der Waals surface area contributed by atoms with Gasteiger partial charge in [0.15, 0.2) is 5.82 Å². The molecule has 2 amide bonds. The summed E-state index contributed by atoms with van der Waals surface area (Å²) in [5, 5.41) is 14.9. The third-order valence-corrected chi connectivity index (χ3v) is 8.67. The number of amides is 2. The maximum Gasteiger partial charge on any atom is 0.326 e. The SMILES string of the molecule is CCCCCCCOc1ccc(-c2cnc(-c3ccc(C[C@H](NC(=O)c4ccc(C(C)(C)C)cc4)C(=O)N[C@H](CC)C(=O)O)cc3)nc2)cc1. The molecule has 0 radical (unpaired) electrons. The summed E-state index contributed by atoms with van der Waals surface area (Å²) in [5.74, 6) is -0.712. The Hall–Kier alpha value is -5.05. The molecule has 2 atom stereocenters. The van der Waals surface area contributed by atoms with Gasteiger partial charge in [-0.1, -0.05) is 109 Å². The van der Waals surface area contributed by atoms with Crippen molar-refractivity contribution in [2.45, 2.75) is 97.1 Å². The molecule has 0 aliphatic heterocycles. The lowest BCUT2D eigenvalue weighted by Crippen LogP contribution is -2.52. The summed E-state index contributed by atoms with van der Waals surface area (Å²) < 4.78 is 5.89. The Morgan fingerprint density at radius 2 is 1.36 bits per heavy atom. The van der Waals surface area contributed by atoms with Crippen LogP contribution in [0.25, 0.3) is 22.5 Å². The maximum absolute atomic E-state index is 13.3. The summed E-state index contributed by atoms with van der Waals surface area (Å²) in [6.45, 7) is 10.9. The van der Waals surface area contributed by atoms with E-state index in [1.165, 1.54) is 25.7 Å². The van der Waals surface area contributed by atoms with Gasteiger partial charge in [0.2, 0.25) is 5.91 Å². The van der Waals surface area contributed by atoms with Crippen LogP contribution in [0.4, 0.5) is 0 Å².